The van der Waals surface area contributed by atoms with Crippen LogP contribution in [-0.4, -0.2) is 15.0 Å². The van der Waals surface area contributed by atoms with Crippen molar-refractivity contribution in [3.05, 3.63) is 167 Å². The molecule has 1 heterocycles. The van der Waals surface area contributed by atoms with Crippen LogP contribution in [0.2, 0.25) is 0 Å². The van der Waals surface area contributed by atoms with E-state index in [-0.39, 0.29) is 5.41 Å². The predicted molar refractivity (Wildman–Crippen MR) is 178 cm³/mol. The van der Waals surface area contributed by atoms with Crippen LogP contribution in [0.25, 0.3) is 50.9 Å². The summed E-state index contributed by atoms with van der Waals surface area (Å²) in [7, 11) is 0. The summed E-state index contributed by atoms with van der Waals surface area (Å²) < 4.78 is 0. The van der Waals surface area contributed by atoms with Crippen molar-refractivity contribution in [2.45, 2.75) is 18.8 Å². The molecule has 208 valence electrons. The average Bonchev–Trinajstić information content (AvgIpc) is 3.56. The molecule has 2 atom stereocenters. The zero-order valence-corrected chi connectivity index (χ0v) is 24.4. The average molecular weight is 564 g/mol. The van der Waals surface area contributed by atoms with Gasteiger partial charge in [0.2, 0.25) is 0 Å². The molecule has 0 bridgehead atoms. The first-order valence-corrected chi connectivity index (χ1v) is 15.4. The Morgan fingerprint density at radius 3 is 1.70 bits per heavy atom. The largest absolute Gasteiger partial charge is 0.208 e. The van der Waals surface area contributed by atoms with Gasteiger partial charge in [-0.05, 0) is 62.9 Å². The number of allylic oxidation sites excluding steroid dienone is 4. The topological polar surface area (TPSA) is 38.7 Å². The molecule has 1 spiro atoms. The molecule has 0 N–H and O–H groups in total. The molecular weight excluding hydrogens is 534 g/mol. The van der Waals surface area contributed by atoms with Crippen molar-refractivity contribution < 1.29 is 0 Å². The number of hydrogen-bond donors (Lipinski definition) is 0. The summed E-state index contributed by atoms with van der Waals surface area (Å²) in [6.45, 7) is 2.39. The smallest absolute Gasteiger partial charge is 0.164 e. The summed E-state index contributed by atoms with van der Waals surface area (Å²) in [5.41, 5.74) is 13.5. The Kier molecular flexibility index (Phi) is 5.45. The minimum Gasteiger partial charge on any atom is -0.208 e. The Balaban J connectivity index is 1.32. The molecule has 9 rings (SSSR count). The van der Waals surface area contributed by atoms with Gasteiger partial charge in [-0.1, -0.05) is 140 Å². The molecule has 0 aliphatic heterocycles. The summed E-state index contributed by atoms with van der Waals surface area (Å²) in [5, 5.41) is 0. The predicted octanol–water partition coefficient (Wildman–Crippen LogP) is 9.55. The van der Waals surface area contributed by atoms with Gasteiger partial charge in [0.1, 0.15) is 0 Å². The van der Waals surface area contributed by atoms with Gasteiger partial charge in [0.05, 0.1) is 5.41 Å². The second-order valence-corrected chi connectivity index (χ2v) is 12.0. The van der Waals surface area contributed by atoms with E-state index < -0.39 is 0 Å². The van der Waals surface area contributed by atoms with E-state index in [0.29, 0.717) is 23.4 Å². The highest BCUT2D eigenvalue weighted by atomic mass is 15.0. The third kappa shape index (κ3) is 3.47. The lowest BCUT2D eigenvalue weighted by Gasteiger charge is -2.36. The van der Waals surface area contributed by atoms with Crippen LogP contribution in [-0.2, 0) is 5.41 Å². The van der Waals surface area contributed by atoms with Crippen LogP contribution >= 0.6 is 0 Å². The molecule has 3 heteroatoms. The van der Waals surface area contributed by atoms with Gasteiger partial charge in [-0.2, -0.15) is 0 Å². The number of rotatable bonds is 3. The molecule has 0 amide bonds. The molecule has 3 nitrogen and oxygen atoms in total. The summed E-state index contributed by atoms with van der Waals surface area (Å²) in [5.74, 6) is 2.45. The highest BCUT2D eigenvalue weighted by molar-refractivity contribution is 5.97. The van der Waals surface area contributed by atoms with Gasteiger partial charge in [0.25, 0.3) is 0 Å². The van der Waals surface area contributed by atoms with Crippen molar-refractivity contribution in [1.82, 2.24) is 15.0 Å². The van der Waals surface area contributed by atoms with Crippen LogP contribution in [0.4, 0.5) is 0 Å². The Hall–Kier alpha value is -5.41. The van der Waals surface area contributed by atoms with Crippen LogP contribution in [0.3, 0.4) is 0 Å². The van der Waals surface area contributed by atoms with Gasteiger partial charge >= 0.3 is 0 Å². The fraction of sp³-hybridized carbons (Fsp3) is 0.0976. The standard InChI is InChI=1S/C41H29N3/c1-26-13-12-20-33-31-19-9-11-22-35(31)41(37(26)33)34-21-10-8-18-30(34)32-24-23-29(25-36(32)41)40-43-38(27-14-4-2-5-15-27)42-39(44-40)28-16-6-3-7-17-28/h2-12,14-26H,13H2,1H3. The first-order valence-electron chi connectivity index (χ1n) is 15.4. The van der Waals surface area contributed by atoms with E-state index in [2.05, 4.69) is 110 Å². The number of benzene rings is 5. The van der Waals surface area contributed by atoms with Crippen molar-refractivity contribution in [3.63, 3.8) is 0 Å². The van der Waals surface area contributed by atoms with E-state index in [0.717, 1.165) is 23.1 Å². The molecule has 44 heavy (non-hydrogen) atoms. The molecular formula is C41H29N3. The number of hydrogen-bond acceptors (Lipinski definition) is 3. The Labute approximate surface area is 257 Å². The van der Waals surface area contributed by atoms with Gasteiger partial charge in [-0.25, -0.2) is 15.0 Å². The molecule has 0 saturated heterocycles. The summed E-state index contributed by atoms with van der Waals surface area (Å²) in [6, 6.07) is 45.2. The second kappa shape index (κ2) is 9.55. The summed E-state index contributed by atoms with van der Waals surface area (Å²) >= 11 is 0. The van der Waals surface area contributed by atoms with Crippen molar-refractivity contribution >= 4 is 5.57 Å². The van der Waals surface area contributed by atoms with Gasteiger partial charge in [-0.3, -0.25) is 0 Å². The Bertz CT molecular complexity index is 2100. The molecule has 0 fully saturated rings. The van der Waals surface area contributed by atoms with Crippen LogP contribution in [0.15, 0.2) is 145 Å². The summed E-state index contributed by atoms with van der Waals surface area (Å²) in [4.78, 5) is 15.1. The molecule has 3 aliphatic carbocycles. The molecule has 2 unspecified atom stereocenters. The minimum absolute atomic E-state index is 0.352. The normalized spacial score (nSPS) is 19.1. The van der Waals surface area contributed by atoms with E-state index in [1.54, 1.807) is 0 Å². The monoisotopic (exact) mass is 563 g/mol. The summed E-state index contributed by atoms with van der Waals surface area (Å²) in [6.07, 6.45) is 5.75. The van der Waals surface area contributed by atoms with Crippen molar-refractivity contribution in [3.8, 4) is 45.3 Å². The second-order valence-electron chi connectivity index (χ2n) is 12.0. The molecule has 5 aromatic carbocycles. The van der Waals surface area contributed by atoms with Crippen molar-refractivity contribution in [1.29, 1.82) is 0 Å². The van der Waals surface area contributed by atoms with Crippen LogP contribution in [0, 0.1) is 5.92 Å². The lowest BCUT2D eigenvalue weighted by molar-refractivity contribution is 0.591. The lowest BCUT2D eigenvalue weighted by atomic mass is 9.65. The lowest BCUT2D eigenvalue weighted by Crippen LogP contribution is -2.30. The first kappa shape index (κ1) is 25.1. The van der Waals surface area contributed by atoms with E-state index in [4.69, 9.17) is 15.0 Å². The van der Waals surface area contributed by atoms with E-state index >= 15 is 0 Å². The molecule has 3 aliphatic rings. The number of fused-ring (bicyclic) bond motifs is 9. The molecule has 1 aromatic heterocycles. The maximum atomic E-state index is 5.08. The highest BCUT2D eigenvalue weighted by Gasteiger charge is 2.54. The van der Waals surface area contributed by atoms with Crippen molar-refractivity contribution in [2.24, 2.45) is 5.92 Å². The van der Waals surface area contributed by atoms with Crippen LogP contribution in [0.5, 0.6) is 0 Å². The van der Waals surface area contributed by atoms with Crippen molar-refractivity contribution in [2.75, 3.05) is 0 Å². The van der Waals surface area contributed by atoms with E-state index in [9.17, 15) is 0 Å². The van der Waals surface area contributed by atoms with Gasteiger partial charge in [0, 0.05) is 16.7 Å². The third-order valence-electron chi connectivity index (χ3n) is 9.58. The van der Waals surface area contributed by atoms with Gasteiger partial charge < -0.3 is 0 Å². The SMILES string of the molecule is CC1CC=CC2=C1C1(c3ccccc32)c2ccccc2-c2ccc(-c3nc(-c4ccccc4)nc(-c4ccccc4)n3)cc21. The number of aromatic nitrogens is 3. The third-order valence-corrected chi connectivity index (χ3v) is 9.58. The maximum absolute atomic E-state index is 5.08. The molecule has 0 saturated carbocycles. The van der Waals surface area contributed by atoms with Gasteiger partial charge in [0.15, 0.2) is 17.5 Å². The highest BCUT2D eigenvalue weighted by Crippen LogP contribution is 2.64. The van der Waals surface area contributed by atoms with Crippen LogP contribution in [0.1, 0.15) is 35.6 Å². The van der Waals surface area contributed by atoms with E-state index in [1.165, 1.54) is 44.5 Å². The minimum atomic E-state index is -0.352. The molecule has 6 aromatic rings. The zero-order valence-electron chi connectivity index (χ0n) is 24.4. The fourth-order valence-corrected chi connectivity index (χ4v) is 7.80. The zero-order chi connectivity index (χ0) is 29.3. The Morgan fingerprint density at radius 2 is 1.05 bits per heavy atom. The quantitative estimate of drug-likeness (QED) is 0.215. The fourth-order valence-electron chi connectivity index (χ4n) is 7.80. The number of nitrogens with zero attached hydrogens (tertiary/aromatic N) is 3. The van der Waals surface area contributed by atoms with Gasteiger partial charge in [-0.15, -0.1) is 0 Å². The van der Waals surface area contributed by atoms with Crippen LogP contribution < -0.4 is 0 Å². The first-order chi connectivity index (χ1) is 21.7. The maximum Gasteiger partial charge on any atom is 0.164 e. The Morgan fingerprint density at radius 1 is 0.523 bits per heavy atom. The molecule has 0 radical (unpaired) electrons. The van der Waals surface area contributed by atoms with E-state index in [1.807, 2.05) is 36.4 Å².